The van der Waals surface area contributed by atoms with E-state index in [9.17, 15) is 14.7 Å². The first-order valence-corrected chi connectivity index (χ1v) is 6.34. The number of aromatic carboxylic acids is 1. The zero-order valence-corrected chi connectivity index (χ0v) is 11.8. The van der Waals surface area contributed by atoms with Crippen molar-refractivity contribution in [3.05, 3.63) is 51.8 Å². The number of nitrogens with zero attached hydrogens (tertiary/aromatic N) is 1. The molecule has 0 aliphatic heterocycles. The van der Waals surface area contributed by atoms with Gasteiger partial charge < -0.3 is 15.5 Å². The van der Waals surface area contributed by atoms with Gasteiger partial charge in [0.2, 0.25) is 0 Å². The molecule has 0 spiro atoms. The number of carbonyl (C=O) groups excluding carboxylic acids is 1. The second kappa shape index (κ2) is 5.99. The van der Waals surface area contributed by atoms with E-state index in [4.69, 9.17) is 28.3 Å². The lowest BCUT2D eigenvalue weighted by molar-refractivity contribution is 0.0693. The number of carboxylic acid groups (broad SMARTS) is 1. The summed E-state index contributed by atoms with van der Waals surface area (Å²) in [4.78, 5) is 26.5. The van der Waals surface area contributed by atoms with Crippen molar-refractivity contribution in [2.75, 3.05) is 5.32 Å². The number of nitrogens with one attached hydrogen (secondary N) is 1. The molecule has 0 fully saturated rings. The molecular formula is C13H8Cl2N2O4. The van der Waals surface area contributed by atoms with Gasteiger partial charge in [-0.1, -0.05) is 23.2 Å². The second-order valence-electron chi connectivity index (χ2n) is 3.96. The van der Waals surface area contributed by atoms with Crippen LogP contribution in [0.2, 0.25) is 10.3 Å². The molecule has 1 amide bonds. The van der Waals surface area contributed by atoms with Crippen molar-refractivity contribution in [1.29, 1.82) is 0 Å². The van der Waals surface area contributed by atoms with Gasteiger partial charge in [-0.05, 0) is 24.3 Å². The van der Waals surface area contributed by atoms with E-state index in [0.717, 1.165) is 6.07 Å². The summed E-state index contributed by atoms with van der Waals surface area (Å²) >= 11 is 11.4. The van der Waals surface area contributed by atoms with Gasteiger partial charge in [0.15, 0.2) is 0 Å². The molecule has 0 saturated carbocycles. The lowest BCUT2D eigenvalue weighted by Crippen LogP contribution is -2.13. The highest BCUT2D eigenvalue weighted by atomic mass is 35.5. The SMILES string of the molecule is O=C(O)c1ccc(NC(=O)c2ccc(Cl)nc2Cl)cc1O. The van der Waals surface area contributed by atoms with Crippen LogP contribution in [-0.2, 0) is 0 Å². The Morgan fingerprint density at radius 1 is 1.10 bits per heavy atom. The number of carboxylic acids is 1. The Hall–Kier alpha value is -2.31. The number of hydrogen-bond acceptors (Lipinski definition) is 4. The highest BCUT2D eigenvalue weighted by molar-refractivity contribution is 6.35. The molecule has 1 heterocycles. The zero-order chi connectivity index (χ0) is 15.6. The Labute approximate surface area is 129 Å². The van der Waals surface area contributed by atoms with Gasteiger partial charge in [0.25, 0.3) is 5.91 Å². The van der Waals surface area contributed by atoms with Crippen LogP contribution in [0.5, 0.6) is 5.75 Å². The fourth-order valence-electron chi connectivity index (χ4n) is 1.57. The van der Waals surface area contributed by atoms with Gasteiger partial charge in [-0.3, -0.25) is 4.79 Å². The van der Waals surface area contributed by atoms with Crippen LogP contribution in [0, 0.1) is 0 Å². The van der Waals surface area contributed by atoms with E-state index < -0.39 is 17.6 Å². The molecule has 1 aromatic carbocycles. The first kappa shape index (κ1) is 15.1. The van der Waals surface area contributed by atoms with Crippen LogP contribution in [0.1, 0.15) is 20.7 Å². The summed E-state index contributed by atoms with van der Waals surface area (Å²) < 4.78 is 0. The topological polar surface area (TPSA) is 99.5 Å². The van der Waals surface area contributed by atoms with Gasteiger partial charge in [0.1, 0.15) is 21.6 Å². The summed E-state index contributed by atoms with van der Waals surface area (Å²) in [5, 5.41) is 20.9. The van der Waals surface area contributed by atoms with Crippen molar-refractivity contribution in [2.24, 2.45) is 0 Å². The lowest BCUT2D eigenvalue weighted by Gasteiger charge is -2.08. The summed E-state index contributed by atoms with van der Waals surface area (Å²) in [6.45, 7) is 0. The number of hydrogen-bond donors (Lipinski definition) is 3. The number of aromatic hydroxyl groups is 1. The standard InChI is InChI=1S/C13H8Cl2N2O4/c14-10-4-3-8(11(15)17-10)12(19)16-6-1-2-7(13(20)21)9(18)5-6/h1-5,18H,(H,16,19)(H,20,21). The van der Waals surface area contributed by atoms with Gasteiger partial charge in [0, 0.05) is 11.8 Å². The molecule has 2 rings (SSSR count). The molecule has 0 saturated heterocycles. The van der Waals surface area contributed by atoms with Crippen molar-refractivity contribution >= 4 is 40.8 Å². The maximum Gasteiger partial charge on any atom is 0.339 e. The summed E-state index contributed by atoms with van der Waals surface area (Å²) in [6.07, 6.45) is 0. The Kier molecular flexibility index (Phi) is 4.30. The average Bonchev–Trinajstić information content (AvgIpc) is 2.37. The van der Waals surface area contributed by atoms with Crippen molar-refractivity contribution in [3.8, 4) is 5.75 Å². The second-order valence-corrected chi connectivity index (χ2v) is 4.71. The predicted molar refractivity (Wildman–Crippen MR) is 77.3 cm³/mol. The van der Waals surface area contributed by atoms with Crippen LogP contribution >= 0.6 is 23.2 Å². The summed E-state index contributed by atoms with van der Waals surface area (Å²) in [5.41, 5.74) is 0.0515. The first-order chi connectivity index (χ1) is 9.88. The van der Waals surface area contributed by atoms with Crippen molar-refractivity contribution in [2.45, 2.75) is 0 Å². The van der Waals surface area contributed by atoms with E-state index in [1.165, 1.54) is 24.3 Å². The maximum absolute atomic E-state index is 12.0. The number of halogens is 2. The third-order valence-corrected chi connectivity index (χ3v) is 3.04. The summed E-state index contributed by atoms with van der Waals surface area (Å²) in [7, 11) is 0. The normalized spacial score (nSPS) is 10.2. The van der Waals surface area contributed by atoms with Gasteiger partial charge >= 0.3 is 5.97 Å². The van der Waals surface area contributed by atoms with Crippen LogP contribution in [0.3, 0.4) is 0 Å². The van der Waals surface area contributed by atoms with Crippen LogP contribution in [0.25, 0.3) is 0 Å². The largest absolute Gasteiger partial charge is 0.507 e. The third kappa shape index (κ3) is 3.42. The van der Waals surface area contributed by atoms with Crippen molar-refractivity contribution in [3.63, 3.8) is 0 Å². The molecule has 0 bridgehead atoms. The minimum atomic E-state index is -1.27. The minimum absolute atomic E-state index is 0.0635. The summed E-state index contributed by atoms with van der Waals surface area (Å²) in [5.74, 6) is -2.29. The Balaban J connectivity index is 2.23. The molecule has 8 heteroatoms. The van der Waals surface area contributed by atoms with Crippen LogP contribution in [-0.4, -0.2) is 27.1 Å². The molecule has 108 valence electrons. The molecule has 6 nitrogen and oxygen atoms in total. The molecule has 3 N–H and O–H groups in total. The molecule has 0 atom stereocenters. The van der Waals surface area contributed by atoms with E-state index in [1.807, 2.05) is 0 Å². The number of rotatable bonds is 3. The van der Waals surface area contributed by atoms with E-state index in [1.54, 1.807) is 0 Å². The number of aromatic nitrogens is 1. The monoisotopic (exact) mass is 326 g/mol. The zero-order valence-electron chi connectivity index (χ0n) is 10.3. The van der Waals surface area contributed by atoms with Gasteiger partial charge in [0.05, 0.1) is 5.56 Å². The summed E-state index contributed by atoms with van der Waals surface area (Å²) in [6, 6.07) is 6.46. The predicted octanol–water partition coefficient (Wildman–Crippen LogP) is 3.04. The molecule has 0 radical (unpaired) electrons. The Morgan fingerprint density at radius 2 is 1.76 bits per heavy atom. The van der Waals surface area contributed by atoms with Crippen LogP contribution in [0.15, 0.2) is 30.3 Å². The fraction of sp³-hybridized carbons (Fsp3) is 0. The van der Waals surface area contributed by atoms with E-state index in [2.05, 4.69) is 10.3 Å². The van der Waals surface area contributed by atoms with Crippen LogP contribution in [0.4, 0.5) is 5.69 Å². The Bertz CT molecular complexity index is 734. The molecule has 2 aromatic rings. The van der Waals surface area contributed by atoms with Gasteiger partial charge in [-0.25, -0.2) is 9.78 Å². The lowest BCUT2D eigenvalue weighted by atomic mass is 10.1. The van der Waals surface area contributed by atoms with E-state index in [0.29, 0.717) is 0 Å². The van der Waals surface area contributed by atoms with Crippen molar-refractivity contribution in [1.82, 2.24) is 4.98 Å². The number of amides is 1. The molecule has 0 unspecified atom stereocenters. The first-order valence-electron chi connectivity index (χ1n) is 5.58. The number of pyridine rings is 1. The smallest absolute Gasteiger partial charge is 0.339 e. The maximum atomic E-state index is 12.0. The minimum Gasteiger partial charge on any atom is -0.507 e. The molecule has 1 aromatic heterocycles. The number of carbonyl (C=O) groups is 2. The molecule has 0 aliphatic carbocycles. The van der Waals surface area contributed by atoms with Gasteiger partial charge in [-0.2, -0.15) is 0 Å². The third-order valence-electron chi connectivity index (χ3n) is 2.55. The van der Waals surface area contributed by atoms with E-state index >= 15 is 0 Å². The van der Waals surface area contributed by atoms with Crippen LogP contribution < -0.4 is 5.32 Å². The van der Waals surface area contributed by atoms with E-state index in [-0.39, 0.29) is 27.1 Å². The number of anilines is 1. The van der Waals surface area contributed by atoms with Gasteiger partial charge in [-0.15, -0.1) is 0 Å². The highest BCUT2D eigenvalue weighted by Gasteiger charge is 2.14. The van der Waals surface area contributed by atoms with Crippen molar-refractivity contribution < 1.29 is 19.8 Å². The Morgan fingerprint density at radius 3 is 2.33 bits per heavy atom. The molecule has 0 aliphatic rings. The quantitative estimate of drug-likeness (QED) is 0.753. The number of benzene rings is 1. The molecule has 21 heavy (non-hydrogen) atoms. The average molecular weight is 327 g/mol. The molecular weight excluding hydrogens is 319 g/mol. The fourth-order valence-corrected chi connectivity index (χ4v) is 2.00. The highest BCUT2D eigenvalue weighted by Crippen LogP contribution is 2.23. The number of phenols is 1.